The summed E-state index contributed by atoms with van der Waals surface area (Å²) in [5.74, 6) is 0.575. The number of nitrogens with zero attached hydrogens (tertiary/aromatic N) is 4. The summed E-state index contributed by atoms with van der Waals surface area (Å²) in [6.45, 7) is 4.03. The summed E-state index contributed by atoms with van der Waals surface area (Å²) in [7, 11) is 0. The molecule has 1 saturated heterocycles. The maximum atomic E-state index is 12.6. The Bertz CT molecular complexity index is 608. The number of nitrogens with one attached hydrogen (secondary N) is 1. The average Bonchev–Trinajstić information content (AvgIpc) is 2.69. The van der Waals surface area contributed by atoms with Gasteiger partial charge in [-0.05, 0) is 19.8 Å². The zero-order valence-corrected chi connectivity index (χ0v) is 15.3. The van der Waals surface area contributed by atoms with Crippen molar-refractivity contribution in [2.75, 3.05) is 38.1 Å². The van der Waals surface area contributed by atoms with Gasteiger partial charge in [0.2, 0.25) is 0 Å². The number of carbonyl (C=O) groups is 2. The van der Waals surface area contributed by atoms with Gasteiger partial charge in [0.15, 0.2) is 0 Å². The maximum absolute atomic E-state index is 12.6. The lowest BCUT2D eigenvalue weighted by atomic mass is 9.96. The van der Waals surface area contributed by atoms with Crippen LogP contribution in [-0.2, 0) is 4.74 Å². The molecule has 1 aromatic rings. The molecule has 1 aliphatic carbocycles. The SMILES string of the molecule is CCOC(=O)N1CCN(C(=O)c2cnc(NC3CCCCC3)cn2)CC1. The van der Waals surface area contributed by atoms with Gasteiger partial charge in [0, 0.05) is 32.2 Å². The molecule has 2 heterocycles. The van der Waals surface area contributed by atoms with Crippen LogP contribution in [0.4, 0.5) is 10.6 Å². The van der Waals surface area contributed by atoms with Crippen molar-refractivity contribution in [1.82, 2.24) is 19.8 Å². The lowest BCUT2D eigenvalue weighted by Crippen LogP contribution is -2.50. The lowest BCUT2D eigenvalue weighted by molar-refractivity contribution is 0.0565. The van der Waals surface area contributed by atoms with Crippen molar-refractivity contribution >= 4 is 17.8 Å². The van der Waals surface area contributed by atoms with Crippen LogP contribution in [0.5, 0.6) is 0 Å². The van der Waals surface area contributed by atoms with Crippen LogP contribution in [0.15, 0.2) is 12.4 Å². The number of rotatable bonds is 4. The molecule has 26 heavy (non-hydrogen) atoms. The monoisotopic (exact) mass is 361 g/mol. The maximum Gasteiger partial charge on any atom is 0.409 e. The standard InChI is InChI=1S/C18H27N5O3/c1-2-26-18(25)23-10-8-22(9-11-23)17(24)15-12-20-16(13-19-15)21-14-6-4-3-5-7-14/h12-14H,2-11H2,1H3,(H,20,21). The van der Waals surface area contributed by atoms with Gasteiger partial charge >= 0.3 is 6.09 Å². The highest BCUT2D eigenvalue weighted by Crippen LogP contribution is 2.20. The van der Waals surface area contributed by atoms with Gasteiger partial charge in [0.1, 0.15) is 11.5 Å². The fraction of sp³-hybridized carbons (Fsp3) is 0.667. The minimum absolute atomic E-state index is 0.148. The lowest BCUT2D eigenvalue weighted by Gasteiger charge is -2.33. The van der Waals surface area contributed by atoms with E-state index in [0.29, 0.717) is 44.5 Å². The number of ether oxygens (including phenoxy) is 1. The molecular weight excluding hydrogens is 334 g/mol. The van der Waals surface area contributed by atoms with Crippen LogP contribution in [-0.4, -0.2) is 70.6 Å². The molecule has 0 unspecified atom stereocenters. The Morgan fingerprint density at radius 1 is 1.08 bits per heavy atom. The molecule has 2 aliphatic rings. The van der Waals surface area contributed by atoms with Crippen LogP contribution < -0.4 is 5.32 Å². The van der Waals surface area contributed by atoms with Crippen molar-refractivity contribution in [3.05, 3.63) is 18.1 Å². The van der Waals surface area contributed by atoms with E-state index < -0.39 is 0 Å². The van der Waals surface area contributed by atoms with Crippen LogP contribution in [0.25, 0.3) is 0 Å². The number of hydrogen-bond donors (Lipinski definition) is 1. The van der Waals surface area contributed by atoms with Crippen molar-refractivity contribution in [2.24, 2.45) is 0 Å². The van der Waals surface area contributed by atoms with Gasteiger partial charge in [0.05, 0.1) is 19.0 Å². The topological polar surface area (TPSA) is 87.7 Å². The fourth-order valence-corrected chi connectivity index (χ4v) is 3.44. The normalized spacial score (nSPS) is 18.5. The highest BCUT2D eigenvalue weighted by molar-refractivity contribution is 5.92. The highest BCUT2D eigenvalue weighted by Gasteiger charge is 2.26. The summed E-state index contributed by atoms with van der Waals surface area (Å²) < 4.78 is 4.99. The molecule has 0 radical (unpaired) electrons. The average molecular weight is 361 g/mol. The van der Waals surface area contributed by atoms with E-state index in [0.717, 1.165) is 18.7 Å². The van der Waals surface area contributed by atoms with E-state index in [9.17, 15) is 9.59 Å². The summed E-state index contributed by atoms with van der Waals surface area (Å²) in [6.07, 6.45) is 8.97. The number of piperazine rings is 1. The molecule has 8 nitrogen and oxygen atoms in total. The van der Waals surface area contributed by atoms with Crippen LogP contribution in [0.3, 0.4) is 0 Å². The third-order valence-electron chi connectivity index (χ3n) is 4.92. The molecule has 1 saturated carbocycles. The summed E-state index contributed by atoms with van der Waals surface area (Å²) in [4.78, 5) is 36.2. The van der Waals surface area contributed by atoms with E-state index in [1.165, 1.54) is 25.5 Å². The molecule has 1 aromatic heterocycles. The minimum atomic E-state index is -0.322. The van der Waals surface area contributed by atoms with Gasteiger partial charge in [-0.15, -0.1) is 0 Å². The number of amides is 2. The molecule has 0 atom stereocenters. The number of aromatic nitrogens is 2. The van der Waals surface area contributed by atoms with E-state index in [4.69, 9.17) is 4.74 Å². The molecule has 2 amide bonds. The fourth-order valence-electron chi connectivity index (χ4n) is 3.44. The van der Waals surface area contributed by atoms with Gasteiger partial charge in [-0.1, -0.05) is 19.3 Å². The van der Waals surface area contributed by atoms with Crippen molar-refractivity contribution in [2.45, 2.75) is 45.1 Å². The van der Waals surface area contributed by atoms with Gasteiger partial charge in [-0.2, -0.15) is 0 Å². The molecule has 3 rings (SSSR count). The van der Waals surface area contributed by atoms with Crippen molar-refractivity contribution in [3.63, 3.8) is 0 Å². The van der Waals surface area contributed by atoms with E-state index in [2.05, 4.69) is 15.3 Å². The Morgan fingerprint density at radius 3 is 2.38 bits per heavy atom. The zero-order valence-electron chi connectivity index (χ0n) is 15.3. The molecule has 1 N–H and O–H groups in total. The van der Waals surface area contributed by atoms with E-state index in [1.807, 2.05) is 0 Å². The van der Waals surface area contributed by atoms with Gasteiger partial charge in [-0.3, -0.25) is 4.79 Å². The van der Waals surface area contributed by atoms with Gasteiger partial charge in [-0.25, -0.2) is 14.8 Å². The molecule has 2 fully saturated rings. The van der Waals surface area contributed by atoms with Crippen molar-refractivity contribution < 1.29 is 14.3 Å². The molecule has 0 bridgehead atoms. The summed E-state index contributed by atoms with van der Waals surface area (Å²) in [6, 6.07) is 0.454. The molecule has 8 heteroatoms. The quantitative estimate of drug-likeness (QED) is 0.884. The molecule has 0 spiro atoms. The summed E-state index contributed by atoms with van der Waals surface area (Å²) >= 11 is 0. The Balaban J connectivity index is 1.51. The van der Waals surface area contributed by atoms with Gasteiger partial charge < -0.3 is 19.9 Å². The molecule has 1 aliphatic heterocycles. The first-order valence-electron chi connectivity index (χ1n) is 9.47. The van der Waals surface area contributed by atoms with Gasteiger partial charge in [0.25, 0.3) is 5.91 Å². The number of hydrogen-bond acceptors (Lipinski definition) is 6. The summed E-state index contributed by atoms with van der Waals surface area (Å²) in [5, 5.41) is 3.40. The smallest absolute Gasteiger partial charge is 0.409 e. The first-order chi connectivity index (χ1) is 12.7. The number of anilines is 1. The van der Waals surface area contributed by atoms with Crippen molar-refractivity contribution in [3.8, 4) is 0 Å². The largest absolute Gasteiger partial charge is 0.450 e. The van der Waals surface area contributed by atoms with E-state index >= 15 is 0 Å². The molecule has 0 aromatic carbocycles. The predicted octanol–water partition coefficient (Wildman–Crippen LogP) is 2.14. The van der Waals surface area contributed by atoms with Crippen LogP contribution in [0, 0.1) is 0 Å². The Morgan fingerprint density at radius 2 is 1.77 bits per heavy atom. The van der Waals surface area contributed by atoms with E-state index in [-0.39, 0.29) is 12.0 Å². The van der Waals surface area contributed by atoms with Crippen molar-refractivity contribution in [1.29, 1.82) is 0 Å². The first-order valence-corrected chi connectivity index (χ1v) is 9.47. The van der Waals surface area contributed by atoms with E-state index in [1.54, 1.807) is 22.9 Å². The third kappa shape index (κ3) is 4.62. The first kappa shape index (κ1) is 18.4. The summed E-state index contributed by atoms with van der Waals surface area (Å²) in [5.41, 5.74) is 0.337. The second-order valence-electron chi connectivity index (χ2n) is 6.74. The predicted molar refractivity (Wildman–Crippen MR) is 97.0 cm³/mol. The Labute approximate surface area is 153 Å². The minimum Gasteiger partial charge on any atom is -0.450 e. The zero-order chi connectivity index (χ0) is 18.4. The molecular formula is C18H27N5O3. The third-order valence-corrected chi connectivity index (χ3v) is 4.92. The highest BCUT2D eigenvalue weighted by atomic mass is 16.6. The van der Waals surface area contributed by atoms with Crippen LogP contribution in [0.1, 0.15) is 49.5 Å². The Kier molecular flexibility index (Phi) is 6.25. The second-order valence-corrected chi connectivity index (χ2v) is 6.74. The number of carbonyl (C=O) groups excluding carboxylic acids is 2. The van der Waals surface area contributed by atoms with Crippen LogP contribution >= 0.6 is 0 Å². The Hall–Kier alpha value is -2.38. The second kappa shape index (κ2) is 8.82. The molecule has 142 valence electrons. The van der Waals surface area contributed by atoms with Crippen LogP contribution in [0.2, 0.25) is 0 Å².